The highest BCUT2D eigenvalue weighted by molar-refractivity contribution is 5.70. The van der Waals surface area contributed by atoms with E-state index in [0.717, 1.165) is 0 Å². The number of carboxylic acid groups (broad SMARTS) is 1. The van der Waals surface area contributed by atoms with Crippen molar-refractivity contribution in [3.05, 3.63) is 0 Å². The fourth-order valence-corrected chi connectivity index (χ4v) is 0.901. The van der Waals surface area contributed by atoms with Crippen molar-refractivity contribution in [2.24, 2.45) is 0 Å². The summed E-state index contributed by atoms with van der Waals surface area (Å²) in [5.41, 5.74) is 0. The Hall–Kier alpha value is -1.26. The first-order valence-corrected chi connectivity index (χ1v) is 5.03. The molecule has 0 saturated carbocycles. The zero-order valence-corrected chi connectivity index (χ0v) is 9.69. The van der Waals surface area contributed by atoms with E-state index in [0.29, 0.717) is 6.42 Å². The maximum absolute atomic E-state index is 11.4. The van der Waals surface area contributed by atoms with Gasteiger partial charge in [0.25, 0.3) is 0 Å². The molecule has 0 aliphatic heterocycles. The van der Waals surface area contributed by atoms with Crippen molar-refractivity contribution in [1.82, 2.24) is 4.90 Å². The third-order valence-corrected chi connectivity index (χ3v) is 2.19. The molecular formula is C10H19NO4. The van der Waals surface area contributed by atoms with Gasteiger partial charge in [0.05, 0.1) is 6.42 Å². The molecule has 0 rings (SSSR count). The van der Waals surface area contributed by atoms with E-state index in [9.17, 15) is 9.59 Å². The van der Waals surface area contributed by atoms with Crippen molar-refractivity contribution in [2.45, 2.75) is 45.8 Å². The highest BCUT2D eigenvalue weighted by Gasteiger charge is 2.20. The molecule has 0 heterocycles. The van der Waals surface area contributed by atoms with Gasteiger partial charge in [-0.1, -0.05) is 6.92 Å². The minimum absolute atomic E-state index is 0.0415. The van der Waals surface area contributed by atoms with Crippen LogP contribution in [0.5, 0.6) is 0 Å². The minimum Gasteiger partial charge on any atom is -0.481 e. The molecule has 1 N–H and O–H groups in total. The van der Waals surface area contributed by atoms with Crippen molar-refractivity contribution in [3.63, 3.8) is 0 Å². The summed E-state index contributed by atoms with van der Waals surface area (Å²) < 4.78 is 5.04. The summed E-state index contributed by atoms with van der Waals surface area (Å²) in [6.45, 7) is 5.51. The summed E-state index contributed by atoms with van der Waals surface area (Å²) in [5.74, 6) is -0.957. The van der Waals surface area contributed by atoms with E-state index in [1.165, 1.54) is 4.90 Å². The fraction of sp³-hybridized carbons (Fsp3) is 0.800. The largest absolute Gasteiger partial charge is 0.481 e. The summed E-state index contributed by atoms with van der Waals surface area (Å²) in [5, 5.41) is 8.57. The van der Waals surface area contributed by atoms with Gasteiger partial charge in [-0.3, -0.25) is 4.79 Å². The lowest BCUT2D eigenvalue weighted by atomic mass is 10.2. The number of carbonyl (C=O) groups excluding carboxylic acids is 1. The number of nitrogens with zero attached hydrogens (tertiary/aromatic N) is 1. The lowest BCUT2D eigenvalue weighted by Crippen LogP contribution is -2.36. The van der Waals surface area contributed by atoms with Crippen molar-refractivity contribution in [3.8, 4) is 0 Å². The summed E-state index contributed by atoms with van der Waals surface area (Å²) in [4.78, 5) is 23.3. The summed E-state index contributed by atoms with van der Waals surface area (Å²) in [6.07, 6.45) is -0.660. The molecule has 1 amide bonds. The van der Waals surface area contributed by atoms with Gasteiger partial charge in [-0.25, -0.2) is 4.79 Å². The molecule has 0 aromatic rings. The molecule has 0 fully saturated rings. The predicted molar refractivity (Wildman–Crippen MR) is 55.7 cm³/mol. The first-order chi connectivity index (χ1) is 6.88. The smallest absolute Gasteiger partial charge is 0.410 e. The normalized spacial score (nSPS) is 12.3. The van der Waals surface area contributed by atoms with Gasteiger partial charge in [-0.15, -0.1) is 0 Å². The van der Waals surface area contributed by atoms with Gasteiger partial charge in [-0.2, -0.15) is 0 Å². The molecule has 0 aromatic carbocycles. The van der Waals surface area contributed by atoms with Gasteiger partial charge in [0.1, 0.15) is 6.10 Å². The Morgan fingerprint density at radius 3 is 2.27 bits per heavy atom. The van der Waals surface area contributed by atoms with Crippen molar-refractivity contribution in [2.75, 3.05) is 7.05 Å². The standard InChI is InChI=1S/C10H19NO4/c1-5-8(6-9(12)13)15-10(14)11(4)7(2)3/h7-8H,5-6H2,1-4H3,(H,12,13). The van der Waals surface area contributed by atoms with Crippen LogP contribution in [0.1, 0.15) is 33.6 Å². The topological polar surface area (TPSA) is 66.8 Å². The predicted octanol–water partition coefficient (Wildman–Crippen LogP) is 1.72. The molecule has 0 bridgehead atoms. The maximum Gasteiger partial charge on any atom is 0.410 e. The van der Waals surface area contributed by atoms with Gasteiger partial charge in [0.2, 0.25) is 0 Å². The van der Waals surface area contributed by atoms with E-state index in [-0.39, 0.29) is 12.5 Å². The van der Waals surface area contributed by atoms with Crippen LogP contribution in [-0.4, -0.2) is 41.3 Å². The quantitative estimate of drug-likeness (QED) is 0.761. The summed E-state index contributed by atoms with van der Waals surface area (Å²) in [7, 11) is 1.63. The fourth-order valence-electron chi connectivity index (χ4n) is 0.901. The molecule has 0 aliphatic carbocycles. The van der Waals surface area contributed by atoms with E-state index in [1.807, 2.05) is 13.8 Å². The van der Waals surface area contributed by atoms with Gasteiger partial charge in [-0.05, 0) is 20.3 Å². The second kappa shape index (κ2) is 6.27. The van der Waals surface area contributed by atoms with Crippen LogP contribution in [0.15, 0.2) is 0 Å². The van der Waals surface area contributed by atoms with E-state index in [1.54, 1.807) is 14.0 Å². The van der Waals surface area contributed by atoms with E-state index >= 15 is 0 Å². The SMILES string of the molecule is CCC(CC(=O)O)OC(=O)N(C)C(C)C. The molecule has 5 nitrogen and oxygen atoms in total. The summed E-state index contributed by atoms with van der Waals surface area (Å²) in [6, 6.07) is 0.0415. The molecule has 88 valence electrons. The lowest BCUT2D eigenvalue weighted by Gasteiger charge is -2.23. The number of hydrogen-bond acceptors (Lipinski definition) is 3. The van der Waals surface area contributed by atoms with Crippen LogP contribution in [0.25, 0.3) is 0 Å². The van der Waals surface area contributed by atoms with Crippen LogP contribution in [0.4, 0.5) is 4.79 Å². The zero-order valence-electron chi connectivity index (χ0n) is 9.69. The van der Waals surface area contributed by atoms with E-state index in [4.69, 9.17) is 9.84 Å². The third-order valence-electron chi connectivity index (χ3n) is 2.19. The Morgan fingerprint density at radius 1 is 1.40 bits per heavy atom. The number of ether oxygens (including phenoxy) is 1. The second-order valence-corrected chi connectivity index (χ2v) is 3.72. The number of carbonyl (C=O) groups is 2. The first-order valence-electron chi connectivity index (χ1n) is 5.03. The average Bonchev–Trinajstić information content (AvgIpc) is 2.14. The molecule has 5 heteroatoms. The number of amides is 1. The van der Waals surface area contributed by atoms with Gasteiger partial charge < -0.3 is 14.7 Å². The molecule has 0 aromatic heterocycles. The highest BCUT2D eigenvalue weighted by atomic mass is 16.6. The third kappa shape index (κ3) is 5.24. The first kappa shape index (κ1) is 13.7. The van der Waals surface area contributed by atoms with Crippen molar-refractivity contribution in [1.29, 1.82) is 0 Å². The molecule has 1 unspecified atom stereocenters. The van der Waals surface area contributed by atoms with Gasteiger partial charge in [0.15, 0.2) is 0 Å². The van der Waals surface area contributed by atoms with Gasteiger partial charge >= 0.3 is 12.1 Å². The number of rotatable bonds is 5. The summed E-state index contributed by atoms with van der Waals surface area (Å²) >= 11 is 0. The monoisotopic (exact) mass is 217 g/mol. The molecular weight excluding hydrogens is 198 g/mol. The molecule has 0 radical (unpaired) electrons. The molecule has 15 heavy (non-hydrogen) atoms. The molecule has 0 aliphatic rings. The maximum atomic E-state index is 11.4. The van der Waals surface area contributed by atoms with E-state index < -0.39 is 18.2 Å². The molecule has 1 atom stereocenters. The second-order valence-electron chi connectivity index (χ2n) is 3.72. The van der Waals surface area contributed by atoms with Crippen molar-refractivity contribution >= 4 is 12.1 Å². The van der Waals surface area contributed by atoms with Crippen LogP contribution in [0.2, 0.25) is 0 Å². The number of hydrogen-bond donors (Lipinski definition) is 1. The van der Waals surface area contributed by atoms with Crippen molar-refractivity contribution < 1.29 is 19.4 Å². The Morgan fingerprint density at radius 2 is 1.93 bits per heavy atom. The molecule has 0 saturated heterocycles. The van der Waals surface area contributed by atoms with Gasteiger partial charge in [0, 0.05) is 13.1 Å². The average molecular weight is 217 g/mol. The Kier molecular flexibility index (Phi) is 5.74. The van der Waals surface area contributed by atoms with Crippen LogP contribution < -0.4 is 0 Å². The number of aliphatic carboxylic acids is 1. The zero-order chi connectivity index (χ0) is 12.0. The minimum atomic E-state index is -0.957. The lowest BCUT2D eigenvalue weighted by molar-refractivity contribution is -0.139. The van der Waals surface area contributed by atoms with Crippen LogP contribution in [-0.2, 0) is 9.53 Å². The number of carboxylic acids is 1. The van der Waals surface area contributed by atoms with Crippen LogP contribution >= 0.6 is 0 Å². The van der Waals surface area contributed by atoms with E-state index in [2.05, 4.69) is 0 Å². The highest BCUT2D eigenvalue weighted by Crippen LogP contribution is 2.07. The Bertz CT molecular complexity index is 227. The van der Waals surface area contributed by atoms with Crippen LogP contribution in [0.3, 0.4) is 0 Å². The Labute approximate surface area is 90.0 Å². The molecule has 0 spiro atoms. The van der Waals surface area contributed by atoms with Crippen LogP contribution in [0, 0.1) is 0 Å². The Balaban J connectivity index is 4.18.